The molecule has 0 aliphatic heterocycles. The molecule has 4 rings (SSSR count). The molecule has 0 fully saturated rings. The van der Waals surface area contributed by atoms with Gasteiger partial charge in [0.15, 0.2) is 0 Å². The van der Waals surface area contributed by atoms with Gasteiger partial charge >= 0.3 is 11.9 Å². The van der Waals surface area contributed by atoms with Gasteiger partial charge < -0.3 is 9.84 Å². The Morgan fingerprint density at radius 2 is 0.932 bits per heavy atom. The van der Waals surface area contributed by atoms with Crippen molar-refractivity contribution < 1.29 is 19.4 Å². The minimum Gasteiger partial charge on any atom is -0.481 e. The van der Waals surface area contributed by atoms with Crippen molar-refractivity contribution in [3.8, 4) is 22.3 Å². The van der Waals surface area contributed by atoms with Crippen molar-refractivity contribution in [2.24, 2.45) is 23.7 Å². The molecule has 4 atom stereocenters. The van der Waals surface area contributed by atoms with Gasteiger partial charge in [-0.2, -0.15) is 0 Å². The van der Waals surface area contributed by atoms with Crippen LogP contribution in [0.1, 0.15) is 58.6 Å². The second-order valence-corrected chi connectivity index (χ2v) is 12.1. The maximum atomic E-state index is 11.7. The maximum absolute atomic E-state index is 11.7. The Kier molecular flexibility index (Phi) is 13.9. The first-order chi connectivity index (χ1) is 21.2. The van der Waals surface area contributed by atoms with Gasteiger partial charge in [-0.1, -0.05) is 137 Å². The summed E-state index contributed by atoms with van der Waals surface area (Å²) in [6.45, 7) is 10.3. The number of benzene rings is 4. The van der Waals surface area contributed by atoms with Crippen LogP contribution in [0, 0.1) is 23.7 Å². The number of ether oxygens (including phenoxy) is 1. The molecule has 44 heavy (non-hydrogen) atoms. The first-order valence-corrected chi connectivity index (χ1v) is 15.8. The summed E-state index contributed by atoms with van der Waals surface area (Å²) in [5.41, 5.74) is 7.49. The summed E-state index contributed by atoms with van der Waals surface area (Å²) < 4.78 is 5.08. The number of rotatable bonds is 13. The number of esters is 1. The maximum Gasteiger partial charge on any atom is 0.308 e. The van der Waals surface area contributed by atoms with Crippen LogP contribution in [-0.4, -0.2) is 23.7 Å². The lowest BCUT2D eigenvalue weighted by Gasteiger charge is -2.16. The van der Waals surface area contributed by atoms with E-state index in [9.17, 15) is 9.59 Å². The van der Waals surface area contributed by atoms with E-state index in [4.69, 9.17) is 9.84 Å². The van der Waals surface area contributed by atoms with Crippen molar-refractivity contribution in [3.63, 3.8) is 0 Å². The minimum atomic E-state index is -0.707. The molecule has 0 amide bonds. The van der Waals surface area contributed by atoms with Gasteiger partial charge in [0.25, 0.3) is 0 Å². The average Bonchev–Trinajstić information content (AvgIpc) is 3.03. The minimum absolute atomic E-state index is 0.0338. The third-order valence-corrected chi connectivity index (χ3v) is 7.91. The summed E-state index contributed by atoms with van der Waals surface area (Å²) in [6, 6.07) is 38.0. The molecule has 4 heteroatoms. The summed E-state index contributed by atoms with van der Waals surface area (Å²) in [4.78, 5) is 22.6. The van der Waals surface area contributed by atoms with E-state index in [1.54, 1.807) is 6.92 Å². The number of carboxylic acid groups (broad SMARTS) is 1. The molecule has 0 saturated carbocycles. The summed E-state index contributed by atoms with van der Waals surface area (Å²) in [5.74, 6) is -0.271. The highest BCUT2D eigenvalue weighted by Gasteiger charge is 2.18. The van der Waals surface area contributed by atoms with Gasteiger partial charge in [0.2, 0.25) is 0 Å². The van der Waals surface area contributed by atoms with E-state index in [2.05, 4.69) is 98.8 Å². The van der Waals surface area contributed by atoms with Gasteiger partial charge in [-0.3, -0.25) is 9.59 Å². The van der Waals surface area contributed by atoms with Gasteiger partial charge in [0, 0.05) is 0 Å². The van der Waals surface area contributed by atoms with Crippen LogP contribution in [-0.2, 0) is 27.2 Å². The lowest BCUT2D eigenvalue weighted by Crippen LogP contribution is -2.18. The molecule has 4 aromatic rings. The molecule has 0 bridgehead atoms. The van der Waals surface area contributed by atoms with Crippen molar-refractivity contribution >= 4 is 11.9 Å². The molecule has 2 unspecified atom stereocenters. The molecule has 0 spiro atoms. The topological polar surface area (TPSA) is 63.6 Å². The van der Waals surface area contributed by atoms with Gasteiger partial charge in [0.1, 0.15) is 0 Å². The van der Waals surface area contributed by atoms with Crippen LogP contribution in [0.5, 0.6) is 0 Å². The van der Waals surface area contributed by atoms with E-state index < -0.39 is 5.97 Å². The fraction of sp³-hybridized carbons (Fsp3) is 0.350. The number of hydrogen-bond acceptors (Lipinski definition) is 3. The van der Waals surface area contributed by atoms with Gasteiger partial charge in [0.05, 0.1) is 18.4 Å². The zero-order valence-corrected chi connectivity index (χ0v) is 26.9. The zero-order chi connectivity index (χ0) is 31.9. The summed E-state index contributed by atoms with van der Waals surface area (Å²) in [5, 5.41) is 8.96. The molecule has 0 heterocycles. The van der Waals surface area contributed by atoms with E-state index in [1.807, 2.05) is 38.1 Å². The quantitative estimate of drug-likeness (QED) is 0.157. The van der Waals surface area contributed by atoms with E-state index in [1.165, 1.54) is 33.4 Å². The van der Waals surface area contributed by atoms with Crippen LogP contribution in [0.4, 0.5) is 0 Å². The third-order valence-electron chi connectivity index (χ3n) is 7.91. The third kappa shape index (κ3) is 11.5. The van der Waals surface area contributed by atoms with Crippen molar-refractivity contribution in [1.29, 1.82) is 0 Å². The highest BCUT2D eigenvalue weighted by Crippen LogP contribution is 2.24. The smallest absolute Gasteiger partial charge is 0.308 e. The number of carbonyl (C=O) groups is 2. The first-order valence-electron chi connectivity index (χ1n) is 15.8. The Morgan fingerprint density at radius 3 is 1.30 bits per heavy atom. The number of hydrogen-bond donors (Lipinski definition) is 1. The molecule has 0 aromatic heterocycles. The van der Waals surface area contributed by atoms with E-state index >= 15 is 0 Å². The second kappa shape index (κ2) is 17.8. The predicted octanol–water partition coefficient (Wildman–Crippen LogP) is 9.76. The molecule has 232 valence electrons. The summed E-state index contributed by atoms with van der Waals surface area (Å²) in [7, 11) is 0. The van der Waals surface area contributed by atoms with Crippen molar-refractivity contribution in [2.45, 2.75) is 60.3 Å². The molecular weight excluding hydrogens is 544 g/mol. The molecule has 1 N–H and O–H groups in total. The largest absolute Gasteiger partial charge is 0.481 e. The van der Waals surface area contributed by atoms with Crippen LogP contribution in [0.2, 0.25) is 0 Å². The second-order valence-electron chi connectivity index (χ2n) is 12.1. The molecular formula is C40H48O4. The van der Waals surface area contributed by atoms with Crippen LogP contribution in [0.3, 0.4) is 0 Å². The Labute approximate surface area is 264 Å². The number of carboxylic acids is 1. The van der Waals surface area contributed by atoms with E-state index in [0.717, 1.165) is 25.7 Å². The van der Waals surface area contributed by atoms with Crippen LogP contribution in [0.15, 0.2) is 109 Å². The molecule has 0 aliphatic rings. The molecule has 0 radical (unpaired) electrons. The summed E-state index contributed by atoms with van der Waals surface area (Å²) >= 11 is 0. The van der Waals surface area contributed by atoms with E-state index in [-0.39, 0.29) is 17.8 Å². The van der Waals surface area contributed by atoms with Gasteiger partial charge in [-0.05, 0) is 77.8 Å². The fourth-order valence-corrected chi connectivity index (χ4v) is 5.59. The Morgan fingerprint density at radius 1 is 0.568 bits per heavy atom. The van der Waals surface area contributed by atoms with Crippen LogP contribution in [0.25, 0.3) is 22.3 Å². The predicted molar refractivity (Wildman–Crippen MR) is 181 cm³/mol. The Hall–Kier alpha value is -4.18. The standard InChI is InChI=1S/C21H26O2.C19H22O2/c1-4-23-21(22)17(3)14-16(2)15-18-10-12-20(13-11-18)19-8-6-5-7-9-19;1-14(12-15(2)19(20)21)13-16-8-10-18(11-9-16)17-6-4-3-5-7-17/h5-13,16-17H,4,14-15H2,1-3H3;3-11,14-15H,12-13H2,1-2H3,(H,20,21)/t16?,17-;14?,15-/m11/s1. The van der Waals surface area contributed by atoms with Crippen LogP contribution >= 0.6 is 0 Å². The van der Waals surface area contributed by atoms with Crippen LogP contribution < -0.4 is 0 Å². The molecule has 0 saturated heterocycles. The van der Waals surface area contributed by atoms with Gasteiger partial charge in [-0.25, -0.2) is 0 Å². The normalized spacial score (nSPS) is 13.5. The number of carbonyl (C=O) groups excluding carboxylic acids is 1. The monoisotopic (exact) mass is 592 g/mol. The van der Waals surface area contributed by atoms with Crippen molar-refractivity contribution in [2.75, 3.05) is 6.61 Å². The van der Waals surface area contributed by atoms with Crippen molar-refractivity contribution in [3.05, 3.63) is 120 Å². The van der Waals surface area contributed by atoms with E-state index in [0.29, 0.717) is 18.4 Å². The Balaban J connectivity index is 0.000000241. The SMILES string of the molecule is CC(Cc1ccc(-c2ccccc2)cc1)C[C@@H](C)C(=O)O.CCOC(=O)[C@H](C)CC(C)Cc1ccc(-c2ccccc2)cc1. The lowest BCUT2D eigenvalue weighted by molar-refractivity contribution is -0.148. The molecule has 0 aliphatic carbocycles. The average molecular weight is 593 g/mol. The summed E-state index contributed by atoms with van der Waals surface area (Å²) in [6.07, 6.45) is 3.49. The molecule has 4 aromatic carbocycles. The zero-order valence-electron chi connectivity index (χ0n) is 26.9. The highest BCUT2D eigenvalue weighted by molar-refractivity contribution is 5.72. The lowest BCUT2D eigenvalue weighted by atomic mass is 9.91. The number of aliphatic carboxylic acids is 1. The fourth-order valence-electron chi connectivity index (χ4n) is 5.59. The van der Waals surface area contributed by atoms with Crippen molar-refractivity contribution in [1.82, 2.24) is 0 Å². The molecule has 4 nitrogen and oxygen atoms in total. The Bertz CT molecular complexity index is 1400. The first kappa shape index (κ1) is 34.3. The van der Waals surface area contributed by atoms with Gasteiger partial charge in [-0.15, -0.1) is 0 Å². The highest BCUT2D eigenvalue weighted by atomic mass is 16.5.